The fraction of sp³-hybridized carbons (Fsp3) is 1.00. The SMILES string of the molecule is CCC1(OC)C[C@@H](CS)C(OC)C[C@H]1[I-]S. The topological polar surface area (TPSA) is 18.5 Å². The van der Waals surface area contributed by atoms with Crippen molar-refractivity contribution in [2.24, 2.45) is 5.92 Å². The van der Waals surface area contributed by atoms with E-state index in [1.807, 2.05) is 7.11 Å². The molecule has 1 aliphatic rings. The number of halogens is 1. The summed E-state index contributed by atoms with van der Waals surface area (Å²) in [7, 11) is 8.22. The molecular weight excluding hydrogens is 355 g/mol. The Morgan fingerprint density at radius 2 is 2.12 bits per heavy atom. The summed E-state index contributed by atoms with van der Waals surface area (Å²) in [6.45, 7) is 2.21. The van der Waals surface area contributed by atoms with Crippen molar-refractivity contribution in [2.75, 3.05) is 20.0 Å². The number of methoxy groups -OCH3 is 2. The molecule has 16 heavy (non-hydrogen) atoms. The Balaban J connectivity index is 2.85. The van der Waals surface area contributed by atoms with Crippen molar-refractivity contribution in [2.45, 2.75) is 41.8 Å². The monoisotopic (exact) mass is 377 g/mol. The van der Waals surface area contributed by atoms with Crippen molar-refractivity contribution in [3.05, 3.63) is 0 Å². The van der Waals surface area contributed by atoms with Crippen LogP contribution >= 0.6 is 22.4 Å². The molecule has 5 heteroatoms. The maximum atomic E-state index is 5.85. The van der Waals surface area contributed by atoms with Gasteiger partial charge in [0.15, 0.2) is 0 Å². The molecule has 0 N–H and O–H groups in total. The van der Waals surface area contributed by atoms with Crippen molar-refractivity contribution in [3.63, 3.8) is 0 Å². The van der Waals surface area contributed by atoms with Gasteiger partial charge in [-0.2, -0.15) is 0 Å². The second-order valence-electron chi connectivity index (χ2n) is 4.34. The third kappa shape index (κ3) is 3.02. The first-order chi connectivity index (χ1) is 7.67. The number of hydrogen-bond donors (Lipinski definition) is 2. The zero-order chi connectivity index (χ0) is 12.2. The molecule has 1 fully saturated rings. The molecule has 98 valence electrons. The van der Waals surface area contributed by atoms with Crippen molar-refractivity contribution >= 4 is 22.4 Å². The van der Waals surface area contributed by atoms with E-state index in [0.29, 0.717) is 15.9 Å². The number of hydrogen-bond acceptors (Lipinski definition) is 4. The third-order valence-corrected chi connectivity index (χ3v) is 8.17. The fourth-order valence-electron chi connectivity index (χ4n) is 2.64. The average Bonchev–Trinajstić information content (AvgIpc) is 2.36. The maximum absolute atomic E-state index is 5.85. The van der Waals surface area contributed by atoms with Gasteiger partial charge in [-0.15, -0.1) is 0 Å². The van der Waals surface area contributed by atoms with Gasteiger partial charge in [0.25, 0.3) is 0 Å². The van der Waals surface area contributed by atoms with Crippen LogP contribution in [0.25, 0.3) is 0 Å². The summed E-state index contributed by atoms with van der Waals surface area (Å²) in [6, 6.07) is 0. The van der Waals surface area contributed by atoms with Gasteiger partial charge < -0.3 is 0 Å². The van der Waals surface area contributed by atoms with E-state index in [1.165, 1.54) is 0 Å². The van der Waals surface area contributed by atoms with Crippen LogP contribution in [0.2, 0.25) is 0 Å². The minimum absolute atomic E-state index is 0.0253. The van der Waals surface area contributed by atoms with Crippen molar-refractivity contribution in [1.29, 1.82) is 0 Å². The van der Waals surface area contributed by atoms with Crippen molar-refractivity contribution in [1.82, 2.24) is 0 Å². The Kier molecular flexibility index (Phi) is 6.80. The third-order valence-electron chi connectivity index (χ3n) is 3.80. The molecular formula is C11H22IO2S2-. The second-order valence-corrected chi connectivity index (χ2v) is 8.08. The molecule has 0 aromatic heterocycles. The van der Waals surface area contributed by atoms with Crippen LogP contribution in [0.15, 0.2) is 0 Å². The van der Waals surface area contributed by atoms with Gasteiger partial charge in [0.2, 0.25) is 0 Å². The summed E-state index contributed by atoms with van der Waals surface area (Å²) < 4.78 is 12.0. The van der Waals surface area contributed by atoms with E-state index in [0.717, 1.165) is 25.0 Å². The van der Waals surface area contributed by atoms with Gasteiger partial charge in [-0.05, 0) is 0 Å². The van der Waals surface area contributed by atoms with E-state index in [9.17, 15) is 0 Å². The molecule has 1 rings (SSSR count). The summed E-state index contributed by atoms with van der Waals surface area (Å²) in [5.41, 5.74) is 0.0253. The number of ether oxygens (including phenoxy) is 2. The summed E-state index contributed by atoms with van der Waals surface area (Å²) in [5, 5.41) is 0. The van der Waals surface area contributed by atoms with Gasteiger partial charge in [-0.25, -0.2) is 0 Å². The fourth-order valence-corrected chi connectivity index (χ4v) is 6.91. The number of alkyl halides is 1. The predicted octanol–water partition coefficient (Wildman–Crippen LogP) is -0.561. The van der Waals surface area contributed by atoms with Crippen molar-refractivity contribution < 1.29 is 29.3 Å². The Hall–Kier alpha value is 1.35. The van der Waals surface area contributed by atoms with Gasteiger partial charge in [-0.3, -0.25) is 0 Å². The zero-order valence-corrected chi connectivity index (χ0v) is 14.1. The second kappa shape index (κ2) is 7.07. The van der Waals surface area contributed by atoms with Crippen LogP contribution < -0.4 is 19.8 Å². The van der Waals surface area contributed by atoms with E-state index in [4.69, 9.17) is 9.47 Å². The molecule has 1 aliphatic carbocycles. The molecule has 0 heterocycles. The van der Waals surface area contributed by atoms with E-state index < -0.39 is 0 Å². The summed E-state index contributed by atoms with van der Waals surface area (Å²) in [5.74, 6) is 1.38. The molecule has 0 saturated heterocycles. The zero-order valence-electron chi connectivity index (χ0n) is 10.1. The predicted molar refractivity (Wildman–Crippen MR) is 70.2 cm³/mol. The summed E-state index contributed by atoms with van der Waals surface area (Å²) in [6.07, 6.45) is 3.55. The molecule has 0 amide bonds. The molecule has 0 aromatic rings. The standard InChI is InChI=1S/C11H22IO2S2/c1-4-11(14-3)6-8(7-15)9(13-2)5-10(11)12-16/h8-10,15-16H,4-7H2,1-3H3/q-1/t8-,9?,10+,11?/m0/s1. The number of thiol groups is 2. The van der Waals surface area contributed by atoms with Crippen LogP contribution in [0, 0.1) is 5.92 Å². The van der Waals surface area contributed by atoms with E-state index in [1.54, 1.807) is 7.11 Å². The van der Waals surface area contributed by atoms with E-state index in [-0.39, 0.29) is 25.4 Å². The van der Waals surface area contributed by atoms with Crippen LogP contribution in [0.5, 0.6) is 0 Å². The Bertz CT molecular complexity index is 212. The molecule has 0 bridgehead atoms. The number of rotatable bonds is 5. The van der Waals surface area contributed by atoms with Crippen LogP contribution in [0.4, 0.5) is 0 Å². The van der Waals surface area contributed by atoms with Gasteiger partial charge in [-0.1, -0.05) is 0 Å². The van der Waals surface area contributed by atoms with Crippen LogP contribution in [-0.4, -0.2) is 35.6 Å². The molecule has 0 spiro atoms. The molecule has 0 radical (unpaired) electrons. The first-order valence-corrected chi connectivity index (χ1v) is 10.7. The molecule has 2 nitrogen and oxygen atoms in total. The van der Waals surface area contributed by atoms with E-state index >= 15 is 0 Å². The van der Waals surface area contributed by atoms with Gasteiger partial charge in [0, 0.05) is 0 Å². The Morgan fingerprint density at radius 3 is 2.50 bits per heavy atom. The molecule has 2 unspecified atom stereocenters. The van der Waals surface area contributed by atoms with Crippen LogP contribution in [-0.2, 0) is 9.47 Å². The van der Waals surface area contributed by atoms with Crippen LogP contribution in [0.1, 0.15) is 26.2 Å². The first kappa shape index (κ1) is 15.4. The van der Waals surface area contributed by atoms with Crippen LogP contribution in [0.3, 0.4) is 0 Å². The van der Waals surface area contributed by atoms with E-state index in [2.05, 4.69) is 29.4 Å². The molecule has 0 aliphatic heterocycles. The summed E-state index contributed by atoms with van der Waals surface area (Å²) in [4.78, 5) is 0. The summed E-state index contributed by atoms with van der Waals surface area (Å²) >= 11 is 4.34. The van der Waals surface area contributed by atoms with Crippen molar-refractivity contribution in [3.8, 4) is 0 Å². The average molecular weight is 377 g/mol. The Labute approximate surface area is 119 Å². The quantitative estimate of drug-likeness (QED) is 0.380. The van der Waals surface area contributed by atoms with Gasteiger partial charge in [0.1, 0.15) is 0 Å². The van der Waals surface area contributed by atoms with Gasteiger partial charge >= 0.3 is 119 Å². The first-order valence-electron chi connectivity index (χ1n) is 5.63. The molecule has 0 aromatic carbocycles. The molecule has 1 saturated carbocycles. The molecule has 4 atom stereocenters. The Morgan fingerprint density at radius 1 is 1.44 bits per heavy atom. The van der Waals surface area contributed by atoms with Gasteiger partial charge in [0.05, 0.1) is 0 Å². The minimum atomic E-state index is -0.110. The normalized spacial score (nSPS) is 40.2.